The molecule has 1 fully saturated rings. The number of hydrogen-bond acceptors (Lipinski definition) is 5. The summed E-state index contributed by atoms with van der Waals surface area (Å²) in [5.41, 5.74) is 0.0738. The molecule has 20 heavy (non-hydrogen) atoms. The van der Waals surface area contributed by atoms with Crippen LogP contribution in [0.4, 0.5) is 0 Å². The monoisotopic (exact) mass is 305 g/mol. The quantitative estimate of drug-likeness (QED) is 0.739. The van der Waals surface area contributed by atoms with Gasteiger partial charge in [0, 0.05) is 18.4 Å². The van der Waals surface area contributed by atoms with E-state index in [0.29, 0.717) is 32.6 Å². The molecule has 5 nitrogen and oxygen atoms in total. The molecule has 118 valence electrons. The maximum Gasteiger partial charge on any atom is 0.320 e. The zero-order chi connectivity index (χ0) is 15.2. The van der Waals surface area contributed by atoms with Gasteiger partial charge in [-0.3, -0.25) is 9.69 Å². The number of ether oxygens (including phenoxy) is 2. The molecule has 0 saturated carbocycles. The van der Waals surface area contributed by atoms with E-state index in [-0.39, 0.29) is 11.7 Å². The summed E-state index contributed by atoms with van der Waals surface area (Å²) in [7, 11) is 1.85. The minimum absolute atomic E-state index is 0.0738. The van der Waals surface area contributed by atoms with Gasteiger partial charge in [0.1, 0.15) is 6.04 Å². The predicted octanol–water partition coefficient (Wildman–Crippen LogP) is 1.91. The molecular weight excluding hydrogens is 278 g/mol. The number of carboxylic acids is 1. The highest BCUT2D eigenvalue weighted by Crippen LogP contribution is 2.24. The summed E-state index contributed by atoms with van der Waals surface area (Å²) in [6, 6.07) is -0.428. The van der Waals surface area contributed by atoms with Gasteiger partial charge in [0.05, 0.1) is 13.2 Å². The first-order valence-electron chi connectivity index (χ1n) is 7.01. The Hall–Kier alpha value is -0.300. The van der Waals surface area contributed by atoms with Crippen molar-refractivity contribution in [3.8, 4) is 0 Å². The SMILES string of the molecule is CSCCC(C(=O)O)N(C)CCC1OCC(C)(C)CO1. The van der Waals surface area contributed by atoms with Crippen molar-refractivity contribution in [1.82, 2.24) is 4.90 Å². The summed E-state index contributed by atoms with van der Waals surface area (Å²) in [5.74, 6) is 0.0968. The number of aliphatic carboxylic acids is 1. The Kier molecular flexibility index (Phi) is 7.29. The zero-order valence-corrected chi connectivity index (χ0v) is 13.7. The fraction of sp³-hybridized carbons (Fsp3) is 0.929. The molecule has 6 heteroatoms. The molecule has 0 bridgehead atoms. The number of carbonyl (C=O) groups is 1. The second-order valence-corrected chi connectivity index (χ2v) is 7.11. The summed E-state index contributed by atoms with van der Waals surface area (Å²) in [5, 5.41) is 9.26. The molecule has 1 aliphatic heterocycles. The molecule has 1 saturated heterocycles. The fourth-order valence-corrected chi connectivity index (χ4v) is 2.58. The number of nitrogens with zero attached hydrogens (tertiary/aromatic N) is 1. The normalized spacial score (nSPS) is 21.1. The fourth-order valence-electron chi connectivity index (χ4n) is 2.12. The second kappa shape index (κ2) is 8.22. The summed E-state index contributed by atoms with van der Waals surface area (Å²) < 4.78 is 11.3. The molecule has 0 aliphatic carbocycles. The predicted molar refractivity (Wildman–Crippen MR) is 81.1 cm³/mol. The van der Waals surface area contributed by atoms with Gasteiger partial charge in [-0.25, -0.2) is 0 Å². The van der Waals surface area contributed by atoms with E-state index in [9.17, 15) is 9.90 Å². The summed E-state index contributed by atoms with van der Waals surface area (Å²) in [4.78, 5) is 13.1. The topological polar surface area (TPSA) is 59.0 Å². The number of likely N-dealkylation sites (N-methyl/N-ethyl adjacent to an activating group) is 1. The molecule has 0 aromatic carbocycles. The van der Waals surface area contributed by atoms with Crippen LogP contribution in [0.2, 0.25) is 0 Å². The van der Waals surface area contributed by atoms with E-state index in [1.807, 2.05) is 18.2 Å². The number of rotatable bonds is 8. The molecule has 1 heterocycles. The first-order chi connectivity index (χ1) is 9.35. The standard InChI is InChI=1S/C14H27NO4S/c1-14(2)9-18-12(19-10-14)5-7-15(3)11(13(16)17)6-8-20-4/h11-12H,5-10H2,1-4H3,(H,16,17). The lowest BCUT2D eigenvalue weighted by Gasteiger charge is -2.35. The lowest BCUT2D eigenvalue weighted by Crippen LogP contribution is -2.43. The van der Waals surface area contributed by atoms with E-state index in [1.165, 1.54) is 0 Å². The first-order valence-corrected chi connectivity index (χ1v) is 8.40. The third-order valence-electron chi connectivity index (χ3n) is 3.45. The number of carboxylic acid groups (broad SMARTS) is 1. The van der Waals surface area contributed by atoms with Gasteiger partial charge in [-0.05, 0) is 25.5 Å². The lowest BCUT2D eigenvalue weighted by atomic mass is 9.95. The van der Waals surface area contributed by atoms with Crippen molar-refractivity contribution in [2.45, 2.75) is 39.0 Å². The molecule has 1 aliphatic rings. The second-order valence-electron chi connectivity index (χ2n) is 6.12. The molecule has 0 spiro atoms. The highest BCUT2D eigenvalue weighted by Gasteiger charge is 2.29. The number of thioether (sulfide) groups is 1. The zero-order valence-electron chi connectivity index (χ0n) is 12.9. The van der Waals surface area contributed by atoms with Crippen LogP contribution in [0.15, 0.2) is 0 Å². The van der Waals surface area contributed by atoms with Crippen LogP contribution in [-0.2, 0) is 14.3 Å². The van der Waals surface area contributed by atoms with Crippen molar-refractivity contribution in [1.29, 1.82) is 0 Å². The Balaban J connectivity index is 2.34. The van der Waals surface area contributed by atoms with Crippen LogP contribution in [0.3, 0.4) is 0 Å². The van der Waals surface area contributed by atoms with Gasteiger partial charge < -0.3 is 14.6 Å². The van der Waals surface area contributed by atoms with Gasteiger partial charge in [0.15, 0.2) is 6.29 Å². The van der Waals surface area contributed by atoms with E-state index < -0.39 is 12.0 Å². The average molecular weight is 305 g/mol. The number of hydrogen-bond donors (Lipinski definition) is 1. The van der Waals surface area contributed by atoms with Gasteiger partial charge in [-0.15, -0.1) is 0 Å². The molecule has 0 aromatic heterocycles. The van der Waals surface area contributed by atoms with Crippen molar-refractivity contribution in [3.05, 3.63) is 0 Å². The Morgan fingerprint density at radius 1 is 1.45 bits per heavy atom. The smallest absolute Gasteiger partial charge is 0.320 e. The molecule has 1 atom stereocenters. The van der Waals surface area contributed by atoms with Crippen LogP contribution in [0, 0.1) is 5.41 Å². The molecule has 0 radical (unpaired) electrons. The van der Waals surface area contributed by atoms with Crippen LogP contribution in [0.1, 0.15) is 26.7 Å². The van der Waals surface area contributed by atoms with Crippen LogP contribution in [-0.4, -0.2) is 67.1 Å². The van der Waals surface area contributed by atoms with Gasteiger partial charge in [-0.2, -0.15) is 11.8 Å². The molecule has 0 aromatic rings. The Bertz CT molecular complexity index is 302. The van der Waals surface area contributed by atoms with Crippen molar-refractivity contribution in [2.24, 2.45) is 5.41 Å². The van der Waals surface area contributed by atoms with E-state index in [2.05, 4.69) is 13.8 Å². The van der Waals surface area contributed by atoms with E-state index in [1.54, 1.807) is 11.8 Å². The van der Waals surface area contributed by atoms with Crippen LogP contribution >= 0.6 is 11.8 Å². The largest absolute Gasteiger partial charge is 0.480 e. The maximum atomic E-state index is 11.3. The van der Waals surface area contributed by atoms with E-state index in [4.69, 9.17) is 9.47 Å². The molecule has 1 rings (SSSR count). The van der Waals surface area contributed by atoms with Crippen molar-refractivity contribution in [3.63, 3.8) is 0 Å². The molecule has 0 amide bonds. The van der Waals surface area contributed by atoms with E-state index >= 15 is 0 Å². The van der Waals surface area contributed by atoms with Gasteiger partial charge in [-0.1, -0.05) is 13.8 Å². The molecule has 1 N–H and O–H groups in total. The van der Waals surface area contributed by atoms with Crippen LogP contribution in [0.25, 0.3) is 0 Å². The average Bonchev–Trinajstić information content (AvgIpc) is 2.37. The van der Waals surface area contributed by atoms with Crippen molar-refractivity contribution in [2.75, 3.05) is 38.8 Å². The Labute approximate surface area is 126 Å². The third kappa shape index (κ3) is 5.99. The minimum Gasteiger partial charge on any atom is -0.480 e. The molecular formula is C14H27NO4S. The highest BCUT2D eigenvalue weighted by molar-refractivity contribution is 7.98. The lowest BCUT2D eigenvalue weighted by molar-refractivity contribution is -0.224. The summed E-state index contributed by atoms with van der Waals surface area (Å²) in [6.45, 7) is 6.26. The Morgan fingerprint density at radius 2 is 2.05 bits per heavy atom. The maximum absolute atomic E-state index is 11.3. The van der Waals surface area contributed by atoms with Crippen LogP contribution < -0.4 is 0 Å². The Morgan fingerprint density at radius 3 is 2.55 bits per heavy atom. The van der Waals surface area contributed by atoms with Crippen molar-refractivity contribution >= 4 is 17.7 Å². The van der Waals surface area contributed by atoms with Gasteiger partial charge in [0.25, 0.3) is 0 Å². The molecule has 1 unspecified atom stereocenters. The summed E-state index contributed by atoms with van der Waals surface area (Å²) in [6.07, 6.45) is 3.15. The van der Waals surface area contributed by atoms with Crippen LogP contribution in [0.5, 0.6) is 0 Å². The van der Waals surface area contributed by atoms with E-state index in [0.717, 1.165) is 5.75 Å². The van der Waals surface area contributed by atoms with Gasteiger partial charge in [0.2, 0.25) is 0 Å². The van der Waals surface area contributed by atoms with Gasteiger partial charge >= 0.3 is 5.97 Å². The third-order valence-corrected chi connectivity index (χ3v) is 4.09. The summed E-state index contributed by atoms with van der Waals surface area (Å²) >= 11 is 1.67. The van der Waals surface area contributed by atoms with Crippen molar-refractivity contribution < 1.29 is 19.4 Å². The highest BCUT2D eigenvalue weighted by atomic mass is 32.2. The minimum atomic E-state index is -0.756. The first kappa shape index (κ1) is 17.8.